The fourth-order valence-corrected chi connectivity index (χ4v) is 5.09. The van der Waals surface area contributed by atoms with E-state index in [1.165, 1.54) is 36.2 Å². The molecule has 1 amide bonds. The minimum absolute atomic E-state index is 0.269. The molecule has 0 bridgehead atoms. The van der Waals surface area contributed by atoms with Crippen molar-refractivity contribution < 1.29 is 9.53 Å². The van der Waals surface area contributed by atoms with E-state index in [-0.39, 0.29) is 5.91 Å². The Labute approximate surface area is 214 Å². The van der Waals surface area contributed by atoms with Crippen molar-refractivity contribution in [1.29, 1.82) is 0 Å². The average Bonchev–Trinajstić information content (AvgIpc) is 2.86. The van der Waals surface area contributed by atoms with E-state index in [0.29, 0.717) is 27.6 Å². The van der Waals surface area contributed by atoms with Crippen LogP contribution in [-0.4, -0.2) is 48.0 Å². The molecule has 1 aromatic heterocycles. The number of ether oxygens (including phenoxy) is 1. The van der Waals surface area contributed by atoms with Crippen LogP contribution in [0.25, 0.3) is 0 Å². The van der Waals surface area contributed by atoms with E-state index in [1.54, 1.807) is 19.4 Å². The second kappa shape index (κ2) is 11.6. The van der Waals surface area contributed by atoms with Crippen LogP contribution in [0.2, 0.25) is 5.02 Å². The molecule has 1 unspecified atom stereocenters. The standard InChI is InChI=1S/C26H28ClN5O2S/c1-4-24(33)29-19-8-5-9-20(14-19)35-25-21(27)15-28-26(31-25)30-22-11-10-17(13-23(22)34-3)18-7-6-12-32(2)16-18/h4-5,8-11,13-15,18H,1,6-7,12,16H2,2-3H3,(H,29,33)(H,28,30,31). The summed E-state index contributed by atoms with van der Waals surface area (Å²) in [6.45, 7) is 5.68. The summed E-state index contributed by atoms with van der Waals surface area (Å²) < 4.78 is 5.68. The third kappa shape index (κ3) is 6.54. The van der Waals surface area contributed by atoms with Crippen LogP contribution in [-0.2, 0) is 4.79 Å². The van der Waals surface area contributed by atoms with E-state index >= 15 is 0 Å². The monoisotopic (exact) mass is 509 g/mol. The molecule has 1 aliphatic rings. The second-order valence-electron chi connectivity index (χ2n) is 8.36. The molecule has 2 heterocycles. The summed E-state index contributed by atoms with van der Waals surface area (Å²) >= 11 is 7.77. The van der Waals surface area contributed by atoms with Gasteiger partial charge in [-0.2, -0.15) is 0 Å². The molecule has 1 aliphatic heterocycles. The molecule has 1 saturated heterocycles. The fraction of sp³-hybridized carbons (Fsp3) is 0.269. The molecule has 1 atom stereocenters. The largest absolute Gasteiger partial charge is 0.495 e. The first kappa shape index (κ1) is 25.0. The normalized spacial score (nSPS) is 15.9. The maximum absolute atomic E-state index is 11.6. The van der Waals surface area contributed by atoms with Gasteiger partial charge in [0.05, 0.1) is 24.0 Å². The summed E-state index contributed by atoms with van der Waals surface area (Å²) in [7, 11) is 3.83. The lowest BCUT2D eigenvalue weighted by Crippen LogP contribution is -2.30. The maximum Gasteiger partial charge on any atom is 0.247 e. The Hall–Kier alpha value is -3.07. The van der Waals surface area contributed by atoms with Gasteiger partial charge in [0.1, 0.15) is 10.8 Å². The van der Waals surface area contributed by atoms with Crippen LogP contribution in [0, 0.1) is 0 Å². The highest BCUT2D eigenvalue weighted by atomic mass is 35.5. The number of carbonyl (C=O) groups is 1. The molecule has 7 nitrogen and oxygen atoms in total. The van der Waals surface area contributed by atoms with Gasteiger partial charge in [-0.25, -0.2) is 9.97 Å². The number of nitrogens with one attached hydrogen (secondary N) is 2. The third-order valence-electron chi connectivity index (χ3n) is 5.78. The van der Waals surface area contributed by atoms with Crippen LogP contribution in [0.3, 0.4) is 0 Å². The highest BCUT2D eigenvalue weighted by molar-refractivity contribution is 7.99. The number of methoxy groups -OCH3 is 1. The van der Waals surface area contributed by atoms with Gasteiger partial charge in [-0.3, -0.25) is 4.79 Å². The van der Waals surface area contributed by atoms with Crippen molar-refractivity contribution in [2.75, 3.05) is 37.9 Å². The van der Waals surface area contributed by atoms with Gasteiger partial charge in [-0.1, -0.05) is 42.1 Å². The first-order chi connectivity index (χ1) is 16.9. The summed E-state index contributed by atoms with van der Waals surface area (Å²) in [5, 5.41) is 7.05. The van der Waals surface area contributed by atoms with Crippen LogP contribution in [0.4, 0.5) is 17.3 Å². The van der Waals surface area contributed by atoms with Crippen LogP contribution < -0.4 is 15.4 Å². The lowest BCUT2D eigenvalue weighted by atomic mass is 9.90. The van der Waals surface area contributed by atoms with Gasteiger partial charge in [0, 0.05) is 17.1 Å². The number of piperidine rings is 1. The first-order valence-corrected chi connectivity index (χ1v) is 12.5. The van der Waals surface area contributed by atoms with Gasteiger partial charge in [-0.05, 0) is 74.3 Å². The van der Waals surface area contributed by atoms with Gasteiger partial charge in [0.15, 0.2) is 0 Å². The quantitative estimate of drug-likeness (QED) is 0.286. The Kier molecular flexibility index (Phi) is 8.28. The predicted octanol–water partition coefficient (Wildman–Crippen LogP) is 5.97. The maximum atomic E-state index is 11.6. The molecule has 35 heavy (non-hydrogen) atoms. The molecule has 0 aliphatic carbocycles. The molecule has 2 aromatic carbocycles. The Morgan fingerprint density at radius 3 is 2.94 bits per heavy atom. The van der Waals surface area contributed by atoms with Crippen LogP contribution in [0.15, 0.2) is 71.2 Å². The highest BCUT2D eigenvalue weighted by Crippen LogP contribution is 2.36. The van der Waals surface area contributed by atoms with E-state index in [2.05, 4.69) is 51.3 Å². The van der Waals surface area contributed by atoms with E-state index in [9.17, 15) is 4.79 Å². The molecule has 1 fully saturated rings. The van der Waals surface area contributed by atoms with Crippen molar-refractivity contribution in [2.24, 2.45) is 0 Å². The number of amides is 1. The number of halogens is 1. The van der Waals surface area contributed by atoms with Crippen molar-refractivity contribution in [2.45, 2.75) is 28.7 Å². The molecule has 0 spiro atoms. The van der Waals surface area contributed by atoms with E-state index < -0.39 is 0 Å². The minimum Gasteiger partial charge on any atom is -0.495 e. The number of hydrogen-bond acceptors (Lipinski definition) is 7. The third-order valence-corrected chi connectivity index (χ3v) is 7.16. The summed E-state index contributed by atoms with van der Waals surface area (Å²) in [5.74, 6) is 1.39. The number of benzene rings is 2. The molecule has 9 heteroatoms. The van der Waals surface area contributed by atoms with Gasteiger partial charge < -0.3 is 20.3 Å². The van der Waals surface area contributed by atoms with Gasteiger partial charge >= 0.3 is 0 Å². The lowest BCUT2D eigenvalue weighted by molar-refractivity contribution is -0.111. The smallest absolute Gasteiger partial charge is 0.247 e. The lowest BCUT2D eigenvalue weighted by Gasteiger charge is -2.30. The molecule has 3 aromatic rings. The molecule has 0 radical (unpaired) electrons. The summed E-state index contributed by atoms with van der Waals surface area (Å²) in [6, 6.07) is 13.7. The van der Waals surface area contributed by atoms with E-state index in [4.69, 9.17) is 16.3 Å². The van der Waals surface area contributed by atoms with Crippen LogP contribution in [0.5, 0.6) is 5.75 Å². The van der Waals surface area contributed by atoms with Crippen molar-refractivity contribution >= 4 is 46.6 Å². The zero-order valence-electron chi connectivity index (χ0n) is 19.8. The van der Waals surface area contributed by atoms with Gasteiger partial charge in [-0.15, -0.1) is 0 Å². The van der Waals surface area contributed by atoms with Gasteiger partial charge in [0.25, 0.3) is 0 Å². The molecular weight excluding hydrogens is 482 g/mol. The Morgan fingerprint density at radius 1 is 1.31 bits per heavy atom. The number of anilines is 3. The number of nitrogens with zero attached hydrogens (tertiary/aromatic N) is 3. The highest BCUT2D eigenvalue weighted by Gasteiger charge is 2.20. The number of likely N-dealkylation sites (N-methyl/N-ethyl adjacent to an activating group) is 1. The van der Waals surface area contributed by atoms with Crippen molar-refractivity contribution in [3.63, 3.8) is 0 Å². The topological polar surface area (TPSA) is 79.4 Å². The minimum atomic E-state index is -0.269. The summed E-state index contributed by atoms with van der Waals surface area (Å²) in [6.07, 6.45) is 5.18. The Balaban J connectivity index is 1.51. The average molecular weight is 510 g/mol. The fourth-order valence-electron chi connectivity index (χ4n) is 4.05. The van der Waals surface area contributed by atoms with Crippen molar-refractivity contribution in [1.82, 2.24) is 14.9 Å². The van der Waals surface area contributed by atoms with Crippen LogP contribution >= 0.6 is 23.4 Å². The zero-order valence-corrected chi connectivity index (χ0v) is 21.3. The Bertz CT molecular complexity index is 1220. The molecule has 182 valence electrons. The zero-order chi connectivity index (χ0) is 24.8. The molecule has 2 N–H and O–H groups in total. The Morgan fingerprint density at radius 2 is 2.17 bits per heavy atom. The van der Waals surface area contributed by atoms with Crippen molar-refractivity contribution in [3.05, 3.63) is 71.9 Å². The SMILES string of the molecule is C=CC(=O)Nc1cccc(Sc2nc(Nc3ccc(C4CCCN(C)C4)cc3OC)ncc2Cl)c1. The van der Waals surface area contributed by atoms with Gasteiger partial charge in [0.2, 0.25) is 11.9 Å². The summed E-state index contributed by atoms with van der Waals surface area (Å²) in [4.78, 5) is 23.8. The molecule has 0 saturated carbocycles. The molecular formula is C26H28ClN5O2S. The van der Waals surface area contributed by atoms with E-state index in [0.717, 1.165) is 29.4 Å². The summed E-state index contributed by atoms with van der Waals surface area (Å²) in [5.41, 5.74) is 2.72. The van der Waals surface area contributed by atoms with E-state index in [1.807, 2.05) is 24.3 Å². The number of carbonyl (C=O) groups excluding carboxylic acids is 1. The first-order valence-electron chi connectivity index (χ1n) is 11.3. The molecule has 4 rings (SSSR count). The number of likely N-dealkylation sites (tertiary alicyclic amines) is 1. The second-order valence-corrected chi connectivity index (χ2v) is 9.83. The van der Waals surface area contributed by atoms with Crippen molar-refractivity contribution in [3.8, 4) is 5.75 Å². The van der Waals surface area contributed by atoms with Crippen LogP contribution in [0.1, 0.15) is 24.3 Å². The number of hydrogen-bond donors (Lipinski definition) is 2. The number of rotatable bonds is 8. The number of aromatic nitrogens is 2. The predicted molar refractivity (Wildman–Crippen MR) is 142 cm³/mol.